The van der Waals surface area contributed by atoms with Crippen molar-refractivity contribution in [2.24, 2.45) is 5.92 Å². The largest absolute Gasteiger partial charge is 0.481 e. The van der Waals surface area contributed by atoms with Crippen molar-refractivity contribution in [3.05, 3.63) is 0 Å². The Bertz CT molecular complexity index is 217. The molecule has 1 aliphatic heterocycles. The molecule has 1 aliphatic rings. The first-order chi connectivity index (χ1) is 7.04. The van der Waals surface area contributed by atoms with Crippen LogP contribution in [0.5, 0.6) is 0 Å². The molecule has 88 valence electrons. The molecule has 0 amide bonds. The van der Waals surface area contributed by atoms with Gasteiger partial charge in [0.25, 0.3) is 0 Å². The summed E-state index contributed by atoms with van der Waals surface area (Å²) in [5, 5.41) is 18.3. The first kappa shape index (κ1) is 12.5. The Morgan fingerprint density at radius 1 is 1.53 bits per heavy atom. The lowest BCUT2D eigenvalue weighted by atomic mass is 10.0. The van der Waals surface area contributed by atoms with Gasteiger partial charge in [-0.3, -0.25) is 4.79 Å². The van der Waals surface area contributed by atoms with Gasteiger partial charge in [0.1, 0.15) is 0 Å². The third-order valence-electron chi connectivity index (χ3n) is 3.09. The highest BCUT2D eigenvalue weighted by Crippen LogP contribution is 2.28. The predicted molar refractivity (Wildman–Crippen MR) is 55.6 cm³/mol. The predicted octanol–water partition coefficient (Wildman–Crippen LogP) is 1.42. The van der Waals surface area contributed by atoms with Crippen LogP contribution in [0.3, 0.4) is 0 Å². The number of aliphatic hydroxyl groups is 1. The summed E-state index contributed by atoms with van der Waals surface area (Å²) in [7, 11) is 0. The summed E-state index contributed by atoms with van der Waals surface area (Å²) in [5.41, 5.74) is 0. The summed E-state index contributed by atoms with van der Waals surface area (Å²) >= 11 is 0. The SMILES string of the molecule is CC[C@@H](O)CC1CCC([C@@H](C)C(=O)O)O1. The minimum atomic E-state index is -0.809. The summed E-state index contributed by atoms with van der Waals surface area (Å²) in [4.78, 5) is 10.7. The second kappa shape index (κ2) is 5.47. The first-order valence-electron chi connectivity index (χ1n) is 5.61. The van der Waals surface area contributed by atoms with Crippen molar-refractivity contribution >= 4 is 5.97 Å². The van der Waals surface area contributed by atoms with E-state index < -0.39 is 11.9 Å². The Hall–Kier alpha value is -0.610. The molecule has 0 bridgehead atoms. The smallest absolute Gasteiger partial charge is 0.308 e. The number of aliphatic hydroxyl groups excluding tert-OH is 1. The summed E-state index contributed by atoms with van der Waals surface area (Å²) in [6, 6.07) is 0. The van der Waals surface area contributed by atoms with E-state index in [9.17, 15) is 9.90 Å². The maximum atomic E-state index is 10.7. The molecule has 4 atom stereocenters. The normalized spacial score (nSPS) is 30.1. The topological polar surface area (TPSA) is 66.8 Å². The molecule has 1 saturated heterocycles. The van der Waals surface area contributed by atoms with Crippen molar-refractivity contribution in [3.8, 4) is 0 Å². The van der Waals surface area contributed by atoms with Gasteiger partial charge in [0, 0.05) is 0 Å². The molecule has 0 aromatic carbocycles. The first-order valence-corrected chi connectivity index (χ1v) is 5.61. The maximum absolute atomic E-state index is 10.7. The van der Waals surface area contributed by atoms with E-state index >= 15 is 0 Å². The average Bonchev–Trinajstić information content (AvgIpc) is 2.64. The third kappa shape index (κ3) is 3.47. The molecule has 2 unspecified atom stereocenters. The lowest BCUT2D eigenvalue weighted by Crippen LogP contribution is -2.26. The van der Waals surface area contributed by atoms with Crippen molar-refractivity contribution in [2.75, 3.05) is 0 Å². The van der Waals surface area contributed by atoms with Crippen LogP contribution < -0.4 is 0 Å². The Morgan fingerprint density at radius 3 is 2.73 bits per heavy atom. The fourth-order valence-electron chi connectivity index (χ4n) is 1.90. The van der Waals surface area contributed by atoms with Gasteiger partial charge in [0.15, 0.2) is 0 Å². The van der Waals surface area contributed by atoms with E-state index in [1.54, 1.807) is 6.92 Å². The molecule has 2 N–H and O–H groups in total. The van der Waals surface area contributed by atoms with Gasteiger partial charge in [-0.05, 0) is 32.6 Å². The summed E-state index contributed by atoms with van der Waals surface area (Å²) in [6.07, 6.45) is 2.52. The van der Waals surface area contributed by atoms with Crippen LogP contribution >= 0.6 is 0 Å². The van der Waals surface area contributed by atoms with Crippen LogP contribution in [0.15, 0.2) is 0 Å². The Balaban J connectivity index is 2.35. The van der Waals surface area contributed by atoms with Crippen LogP contribution in [0.25, 0.3) is 0 Å². The van der Waals surface area contributed by atoms with E-state index in [1.807, 2.05) is 6.92 Å². The fraction of sp³-hybridized carbons (Fsp3) is 0.909. The Labute approximate surface area is 90.2 Å². The quantitative estimate of drug-likeness (QED) is 0.729. The second-order valence-corrected chi connectivity index (χ2v) is 4.30. The lowest BCUT2D eigenvalue weighted by Gasteiger charge is -2.18. The van der Waals surface area contributed by atoms with Crippen molar-refractivity contribution in [2.45, 2.75) is 57.8 Å². The van der Waals surface area contributed by atoms with Gasteiger partial charge < -0.3 is 14.9 Å². The zero-order chi connectivity index (χ0) is 11.4. The minimum Gasteiger partial charge on any atom is -0.481 e. The zero-order valence-electron chi connectivity index (χ0n) is 9.35. The maximum Gasteiger partial charge on any atom is 0.308 e. The number of carbonyl (C=O) groups is 1. The molecule has 0 spiro atoms. The summed E-state index contributed by atoms with van der Waals surface area (Å²) in [6.45, 7) is 3.60. The molecule has 4 heteroatoms. The van der Waals surface area contributed by atoms with Crippen LogP contribution in [-0.4, -0.2) is 34.5 Å². The van der Waals surface area contributed by atoms with E-state index in [1.165, 1.54) is 0 Å². The third-order valence-corrected chi connectivity index (χ3v) is 3.09. The van der Waals surface area contributed by atoms with Gasteiger partial charge in [-0.2, -0.15) is 0 Å². The van der Waals surface area contributed by atoms with Crippen LogP contribution in [0.4, 0.5) is 0 Å². The standard InChI is InChI=1S/C11H20O4/c1-3-8(12)6-9-4-5-10(15-9)7(2)11(13)14/h7-10,12H,3-6H2,1-2H3,(H,13,14)/t7-,8-,9?,10?/m1/s1. The molecule has 15 heavy (non-hydrogen) atoms. The molecule has 4 nitrogen and oxygen atoms in total. The molecule has 1 rings (SSSR count). The number of aliphatic carboxylic acids is 1. The number of carboxylic acids is 1. The number of hydrogen-bond donors (Lipinski definition) is 2. The van der Waals surface area contributed by atoms with Gasteiger partial charge in [0.05, 0.1) is 24.2 Å². The molecule has 0 saturated carbocycles. The van der Waals surface area contributed by atoms with E-state index in [-0.39, 0.29) is 18.3 Å². The lowest BCUT2D eigenvalue weighted by molar-refractivity contribution is -0.146. The van der Waals surface area contributed by atoms with Crippen LogP contribution in [0, 0.1) is 5.92 Å². The van der Waals surface area contributed by atoms with Gasteiger partial charge in [-0.25, -0.2) is 0 Å². The monoisotopic (exact) mass is 216 g/mol. The van der Waals surface area contributed by atoms with Crippen molar-refractivity contribution in [1.82, 2.24) is 0 Å². The molecule has 1 fully saturated rings. The van der Waals surface area contributed by atoms with Crippen molar-refractivity contribution < 1.29 is 19.7 Å². The minimum absolute atomic E-state index is 0.0340. The van der Waals surface area contributed by atoms with Crippen LogP contribution in [0.2, 0.25) is 0 Å². The van der Waals surface area contributed by atoms with Gasteiger partial charge >= 0.3 is 5.97 Å². The van der Waals surface area contributed by atoms with Gasteiger partial charge in [0.2, 0.25) is 0 Å². The van der Waals surface area contributed by atoms with E-state index in [2.05, 4.69) is 0 Å². The molecule has 0 aromatic heterocycles. The Kier molecular flexibility index (Phi) is 4.54. The molecular weight excluding hydrogens is 196 g/mol. The Morgan fingerprint density at radius 2 is 2.20 bits per heavy atom. The van der Waals surface area contributed by atoms with E-state index in [4.69, 9.17) is 9.84 Å². The number of carboxylic acid groups (broad SMARTS) is 1. The molecule has 1 heterocycles. The molecule has 0 aromatic rings. The molecular formula is C11H20O4. The average molecular weight is 216 g/mol. The van der Waals surface area contributed by atoms with E-state index in [0.717, 1.165) is 19.3 Å². The number of hydrogen-bond acceptors (Lipinski definition) is 3. The summed E-state index contributed by atoms with van der Waals surface area (Å²) in [5.74, 6) is -1.26. The van der Waals surface area contributed by atoms with Gasteiger partial charge in [-0.1, -0.05) is 6.92 Å². The molecule has 0 aliphatic carbocycles. The fourth-order valence-corrected chi connectivity index (χ4v) is 1.90. The number of rotatable bonds is 5. The zero-order valence-corrected chi connectivity index (χ0v) is 9.35. The highest BCUT2D eigenvalue weighted by Gasteiger charge is 2.33. The van der Waals surface area contributed by atoms with Crippen molar-refractivity contribution in [1.29, 1.82) is 0 Å². The van der Waals surface area contributed by atoms with Crippen LogP contribution in [-0.2, 0) is 9.53 Å². The van der Waals surface area contributed by atoms with Crippen molar-refractivity contribution in [3.63, 3.8) is 0 Å². The van der Waals surface area contributed by atoms with E-state index in [0.29, 0.717) is 6.42 Å². The highest BCUT2D eigenvalue weighted by molar-refractivity contribution is 5.70. The number of ether oxygens (including phenoxy) is 1. The summed E-state index contributed by atoms with van der Waals surface area (Å²) < 4.78 is 5.62. The van der Waals surface area contributed by atoms with Crippen LogP contribution in [0.1, 0.15) is 39.5 Å². The van der Waals surface area contributed by atoms with Gasteiger partial charge in [-0.15, -0.1) is 0 Å². The second-order valence-electron chi connectivity index (χ2n) is 4.30. The highest BCUT2D eigenvalue weighted by atomic mass is 16.5. The molecule has 0 radical (unpaired) electrons.